The molecular weight excluding hydrogens is 138 g/mol. The highest BCUT2D eigenvalue weighted by molar-refractivity contribution is 5.83. The lowest BCUT2D eigenvalue weighted by atomic mass is 10.2. The number of aromatic hydroxyl groups is 1. The second-order valence-electron chi connectivity index (χ2n) is 2.28. The van der Waals surface area contributed by atoms with E-state index in [-0.39, 0.29) is 5.75 Å². The first kappa shape index (κ1) is 5.13. The molecule has 0 unspecified atom stereocenters. The average molecular weight is 146 g/mol. The van der Waals surface area contributed by atoms with Crippen LogP contribution in [0.3, 0.4) is 0 Å². The highest BCUT2D eigenvalue weighted by atomic mass is 16.3. The van der Waals surface area contributed by atoms with Crippen LogP contribution in [-0.4, -0.2) is 10.1 Å². The number of rotatable bonds is 0. The maximum absolute atomic E-state index is 9.37. The van der Waals surface area contributed by atoms with Crippen molar-refractivity contribution in [3.8, 4) is 5.75 Å². The summed E-state index contributed by atoms with van der Waals surface area (Å²) in [4.78, 5) is 3.99. The Kier molecular flexibility index (Phi) is 1.04. The van der Waals surface area contributed by atoms with Crippen molar-refractivity contribution in [2.24, 2.45) is 0 Å². The largest absolute Gasteiger partial charge is 0.506 e. The number of aromatic nitrogens is 1. The second kappa shape index (κ2) is 2.23. The third kappa shape index (κ3) is 0.923. The monoisotopic (exact) mass is 146 g/mol. The lowest BCUT2D eigenvalue weighted by Gasteiger charge is -1.96. The van der Waals surface area contributed by atoms with Crippen molar-refractivity contribution in [1.82, 2.24) is 4.98 Å². The average Bonchev–Trinajstić information content (AvgIpc) is 2.04. The number of fused-ring (bicyclic) bond motifs is 1. The van der Waals surface area contributed by atoms with Gasteiger partial charge in [0.2, 0.25) is 0 Å². The van der Waals surface area contributed by atoms with Gasteiger partial charge in [-0.2, -0.15) is 0 Å². The molecule has 2 aromatic rings. The van der Waals surface area contributed by atoms with E-state index in [4.69, 9.17) is 1.37 Å². The second-order valence-corrected chi connectivity index (χ2v) is 2.28. The summed E-state index contributed by atoms with van der Waals surface area (Å²) in [5.74, 6) is 0.0677. The summed E-state index contributed by atoms with van der Waals surface area (Å²) in [5.41, 5.74) is 0.550. The standard InChI is InChI=1S/C9H7NO/c11-8-5-1-3-7-4-2-6-10-9(7)8/h1-6,11H/i1D. The molecule has 1 heterocycles. The van der Waals surface area contributed by atoms with Crippen molar-refractivity contribution in [3.63, 3.8) is 0 Å². The zero-order chi connectivity index (χ0) is 8.55. The van der Waals surface area contributed by atoms with Crippen LogP contribution in [0.15, 0.2) is 36.5 Å². The molecule has 2 nitrogen and oxygen atoms in total. The van der Waals surface area contributed by atoms with E-state index in [1.807, 2.05) is 6.07 Å². The quantitative estimate of drug-likeness (QED) is 0.616. The van der Waals surface area contributed by atoms with E-state index in [9.17, 15) is 5.11 Å². The molecule has 54 valence electrons. The maximum Gasteiger partial charge on any atom is 0.141 e. The minimum atomic E-state index is 0.0677. The predicted molar refractivity (Wildman–Crippen MR) is 43.4 cm³/mol. The minimum Gasteiger partial charge on any atom is -0.506 e. The molecule has 0 amide bonds. The number of hydrogen-bond donors (Lipinski definition) is 1. The van der Waals surface area contributed by atoms with Gasteiger partial charge in [-0.3, -0.25) is 4.98 Å². The highest BCUT2D eigenvalue weighted by Crippen LogP contribution is 2.20. The van der Waals surface area contributed by atoms with Crippen LogP contribution in [0.25, 0.3) is 10.9 Å². The molecule has 0 saturated carbocycles. The van der Waals surface area contributed by atoms with Gasteiger partial charge in [-0.1, -0.05) is 18.2 Å². The molecule has 11 heavy (non-hydrogen) atoms. The molecule has 0 aliphatic rings. The summed E-state index contributed by atoms with van der Waals surface area (Å²) in [6.45, 7) is 0. The van der Waals surface area contributed by atoms with Crippen molar-refractivity contribution in [1.29, 1.82) is 0 Å². The first-order valence-corrected chi connectivity index (χ1v) is 3.32. The van der Waals surface area contributed by atoms with Gasteiger partial charge in [0.25, 0.3) is 0 Å². The number of para-hydroxylation sites is 1. The summed E-state index contributed by atoms with van der Waals surface area (Å²) >= 11 is 0. The van der Waals surface area contributed by atoms with Crippen molar-refractivity contribution < 1.29 is 6.48 Å². The van der Waals surface area contributed by atoms with E-state index >= 15 is 0 Å². The van der Waals surface area contributed by atoms with Gasteiger partial charge in [0.05, 0.1) is 1.37 Å². The summed E-state index contributed by atoms with van der Waals surface area (Å²) in [7, 11) is 0. The summed E-state index contributed by atoms with van der Waals surface area (Å²) in [5, 5.41) is 10.2. The van der Waals surface area contributed by atoms with Gasteiger partial charge in [-0.05, 0) is 12.1 Å². The zero-order valence-electron chi connectivity index (χ0n) is 6.78. The Morgan fingerprint density at radius 1 is 1.36 bits per heavy atom. The normalized spacial score (nSPS) is 11.5. The van der Waals surface area contributed by atoms with Crippen LogP contribution in [0.5, 0.6) is 5.75 Å². The molecule has 0 radical (unpaired) electrons. The van der Waals surface area contributed by atoms with Crippen LogP contribution in [-0.2, 0) is 0 Å². The topological polar surface area (TPSA) is 33.1 Å². The maximum atomic E-state index is 9.37. The third-order valence-electron chi connectivity index (χ3n) is 1.54. The lowest BCUT2D eigenvalue weighted by Crippen LogP contribution is -1.76. The predicted octanol–water partition coefficient (Wildman–Crippen LogP) is 1.94. The fourth-order valence-corrected chi connectivity index (χ4v) is 1.03. The molecule has 0 saturated heterocycles. The van der Waals surface area contributed by atoms with Gasteiger partial charge in [0, 0.05) is 11.6 Å². The Hall–Kier alpha value is -1.57. The van der Waals surface area contributed by atoms with Crippen LogP contribution in [0.1, 0.15) is 1.37 Å². The Morgan fingerprint density at radius 2 is 2.27 bits per heavy atom. The molecule has 1 aromatic carbocycles. The van der Waals surface area contributed by atoms with Gasteiger partial charge < -0.3 is 5.11 Å². The number of pyridine rings is 1. The molecule has 0 fully saturated rings. The van der Waals surface area contributed by atoms with Gasteiger partial charge in [0.15, 0.2) is 0 Å². The van der Waals surface area contributed by atoms with Gasteiger partial charge in [-0.15, -0.1) is 0 Å². The molecule has 2 rings (SSSR count). The molecule has 0 atom stereocenters. The van der Waals surface area contributed by atoms with E-state index < -0.39 is 0 Å². The van der Waals surface area contributed by atoms with E-state index in [0.717, 1.165) is 5.39 Å². The Morgan fingerprint density at radius 3 is 3.18 bits per heavy atom. The van der Waals surface area contributed by atoms with Crippen LogP contribution in [0.4, 0.5) is 0 Å². The molecular formula is C9H7NO. The summed E-state index contributed by atoms with van der Waals surface area (Å²) in [6.07, 6.45) is 1.62. The van der Waals surface area contributed by atoms with Crippen LogP contribution in [0.2, 0.25) is 0 Å². The summed E-state index contributed by atoms with van der Waals surface area (Å²) < 4.78 is 7.33. The molecule has 0 aliphatic carbocycles. The van der Waals surface area contributed by atoms with Crippen molar-refractivity contribution >= 4 is 10.9 Å². The Balaban J connectivity index is 2.89. The van der Waals surface area contributed by atoms with Gasteiger partial charge in [-0.25, -0.2) is 0 Å². The molecule has 0 bridgehead atoms. The lowest BCUT2D eigenvalue weighted by molar-refractivity contribution is 0.480. The minimum absolute atomic E-state index is 0.0677. The molecule has 1 aromatic heterocycles. The molecule has 1 N–H and O–H groups in total. The van der Waals surface area contributed by atoms with Gasteiger partial charge >= 0.3 is 0 Å². The van der Waals surface area contributed by atoms with E-state index in [2.05, 4.69) is 4.98 Å². The molecule has 2 heteroatoms. The fraction of sp³-hybridized carbons (Fsp3) is 0. The number of benzene rings is 1. The number of phenolic OH excluding ortho intramolecular Hbond substituents is 1. The Labute approximate surface area is 65.5 Å². The van der Waals surface area contributed by atoms with Crippen molar-refractivity contribution in [2.45, 2.75) is 0 Å². The zero-order valence-corrected chi connectivity index (χ0v) is 5.78. The third-order valence-corrected chi connectivity index (χ3v) is 1.54. The van der Waals surface area contributed by atoms with Crippen molar-refractivity contribution in [3.05, 3.63) is 36.5 Å². The van der Waals surface area contributed by atoms with Crippen molar-refractivity contribution in [2.75, 3.05) is 0 Å². The number of phenols is 1. The Bertz CT molecular complexity index is 428. The molecule has 0 aliphatic heterocycles. The van der Waals surface area contributed by atoms with Crippen LogP contribution in [0, 0.1) is 0 Å². The van der Waals surface area contributed by atoms with Crippen LogP contribution >= 0.6 is 0 Å². The number of nitrogens with zero attached hydrogens (tertiary/aromatic N) is 1. The number of hydrogen-bond acceptors (Lipinski definition) is 2. The smallest absolute Gasteiger partial charge is 0.141 e. The molecule has 0 spiro atoms. The van der Waals surface area contributed by atoms with E-state index in [1.165, 1.54) is 6.07 Å². The van der Waals surface area contributed by atoms with Gasteiger partial charge in [0.1, 0.15) is 11.3 Å². The van der Waals surface area contributed by atoms with E-state index in [0.29, 0.717) is 11.6 Å². The first-order chi connectivity index (χ1) is 5.77. The van der Waals surface area contributed by atoms with Crippen LogP contribution < -0.4 is 0 Å². The highest BCUT2D eigenvalue weighted by Gasteiger charge is 1.96. The fourth-order valence-electron chi connectivity index (χ4n) is 1.03. The summed E-state index contributed by atoms with van der Waals surface area (Å²) in [6, 6.07) is 6.95. The SMILES string of the molecule is [2H]c1cc(O)c2ncccc2c1. The van der Waals surface area contributed by atoms with E-state index in [1.54, 1.807) is 18.3 Å². The first-order valence-electron chi connectivity index (χ1n) is 3.82.